The lowest BCUT2D eigenvalue weighted by Crippen LogP contribution is -2.37. The summed E-state index contributed by atoms with van der Waals surface area (Å²) < 4.78 is 0. The third kappa shape index (κ3) is 4.48. The first kappa shape index (κ1) is 16.8. The van der Waals surface area contributed by atoms with Crippen LogP contribution in [0.2, 0.25) is 0 Å². The average Bonchev–Trinajstić information content (AvgIpc) is 3.01. The van der Waals surface area contributed by atoms with E-state index in [4.69, 9.17) is 0 Å². The summed E-state index contributed by atoms with van der Waals surface area (Å²) in [6, 6.07) is 5.20. The molecule has 0 spiro atoms. The molecule has 3 N–H and O–H groups in total. The molecule has 2 rings (SSSR count). The summed E-state index contributed by atoms with van der Waals surface area (Å²) in [7, 11) is 0. The molecule has 120 valence electrons. The number of benzene rings is 1. The molecule has 1 unspecified atom stereocenters. The summed E-state index contributed by atoms with van der Waals surface area (Å²) in [4.78, 5) is 24.1. The lowest BCUT2D eigenvalue weighted by Gasteiger charge is -2.14. The average molecular weight is 321 g/mol. The molecule has 1 saturated heterocycles. The molecule has 1 aliphatic rings. The largest absolute Gasteiger partial charge is 0.352 e. The van der Waals surface area contributed by atoms with Crippen LogP contribution in [0.5, 0.6) is 0 Å². The Hall–Kier alpha value is -1.53. The molecule has 0 aliphatic carbocycles. The number of carbonyl (C=O) groups excluding carboxylic acids is 2. The number of hydrogen-bond donors (Lipinski definition) is 3. The van der Waals surface area contributed by atoms with Gasteiger partial charge in [0.15, 0.2) is 0 Å². The maximum atomic E-state index is 12.1. The summed E-state index contributed by atoms with van der Waals surface area (Å²) in [5.41, 5.74) is 2.26. The molecule has 2 amide bonds. The van der Waals surface area contributed by atoms with Crippen molar-refractivity contribution < 1.29 is 9.59 Å². The van der Waals surface area contributed by atoms with E-state index in [2.05, 4.69) is 29.8 Å². The molecule has 1 aromatic rings. The van der Waals surface area contributed by atoms with Crippen LogP contribution in [0.15, 0.2) is 18.2 Å². The van der Waals surface area contributed by atoms with Crippen LogP contribution >= 0.6 is 11.8 Å². The second-order valence-electron chi connectivity index (χ2n) is 5.89. The highest BCUT2D eigenvalue weighted by atomic mass is 32.2. The van der Waals surface area contributed by atoms with Gasteiger partial charge in [0.05, 0.1) is 6.04 Å². The third-order valence-corrected chi connectivity index (χ3v) is 4.39. The Labute approximate surface area is 135 Å². The van der Waals surface area contributed by atoms with Crippen molar-refractivity contribution in [1.82, 2.24) is 10.6 Å². The van der Waals surface area contributed by atoms with Gasteiger partial charge in [-0.3, -0.25) is 14.9 Å². The van der Waals surface area contributed by atoms with Crippen LogP contribution in [0.25, 0.3) is 0 Å². The van der Waals surface area contributed by atoms with Crippen molar-refractivity contribution in [3.05, 3.63) is 29.3 Å². The zero-order valence-corrected chi connectivity index (χ0v) is 14.0. The van der Waals surface area contributed by atoms with Gasteiger partial charge < -0.3 is 10.6 Å². The molecule has 1 heterocycles. The van der Waals surface area contributed by atoms with Gasteiger partial charge in [-0.1, -0.05) is 13.8 Å². The highest BCUT2D eigenvalue weighted by Crippen LogP contribution is 2.18. The fraction of sp³-hybridized carbons (Fsp3) is 0.500. The van der Waals surface area contributed by atoms with E-state index in [0.717, 1.165) is 22.9 Å². The van der Waals surface area contributed by atoms with Gasteiger partial charge in [-0.2, -0.15) is 0 Å². The number of rotatable bonds is 5. The zero-order chi connectivity index (χ0) is 16.1. The van der Waals surface area contributed by atoms with Gasteiger partial charge in [-0.25, -0.2) is 0 Å². The van der Waals surface area contributed by atoms with Crippen molar-refractivity contribution in [3.8, 4) is 0 Å². The van der Waals surface area contributed by atoms with Gasteiger partial charge in [0.2, 0.25) is 5.91 Å². The van der Waals surface area contributed by atoms with E-state index in [1.165, 1.54) is 0 Å². The van der Waals surface area contributed by atoms with Gasteiger partial charge in [0, 0.05) is 29.4 Å². The molecule has 0 radical (unpaired) electrons. The summed E-state index contributed by atoms with van der Waals surface area (Å²) in [6.45, 7) is 6.66. The summed E-state index contributed by atoms with van der Waals surface area (Å²) in [6.07, 6.45) is 0. The maximum Gasteiger partial charge on any atom is 0.251 e. The third-order valence-electron chi connectivity index (χ3n) is 3.45. The lowest BCUT2D eigenvalue weighted by molar-refractivity contribution is -0.117. The minimum absolute atomic E-state index is 0.0230. The van der Waals surface area contributed by atoms with Crippen LogP contribution in [0, 0.1) is 12.8 Å². The molecule has 6 heteroatoms. The van der Waals surface area contributed by atoms with Crippen LogP contribution < -0.4 is 16.0 Å². The molecule has 1 aromatic carbocycles. The topological polar surface area (TPSA) is 70.2 Å². The van der Waals surface area contributed by atoms with Gasteiger partial charge >= 0.3 is 0 Å². The van der Waals surface area contributed by atoms with E-state index in [1.807, 2.05) is 13.0 Å². The number of thioether (sulfide) groups is 1. The maximum absolute atomic E-state index is 12.1. The fourth-order valence-electron chi connectivity index (χ4n) is 2.13. The molecular formula is C16H23N3O2S. The Morgan fingerprint density at radius 3 is 2.77 bits per heavy atom. The van der Waals surface area contributed by atoms with Crippen LogP contribution in [0.4, 0.5) is 5.69 Å². The van der Waals surface area contributed by atoms with Crippen molar-refractivity contribution in [3.63, 3.8) is 0 Å². The quantitative estimate of drug-likeness (QED) is 0.775. The van der Waals surface area contributed by atoms with Gasteiger partial charge in [0.1, 0.15) is 0 Å². The number of aryl methyl sites for hydroxylation is 1. The van der Waals surface area contributed by atoms with E-state index in [9.17, 15) is 9.59 Å². The first-order chi connectivity index (χ1) is 10.5. The molecule has 22 heavy (non-hydrogen) atoms. The van der Waals surface area contributed by atoms with E-state index in [0.29, 0.717) is 18.0 Å². The Morgan fingerprint density at radius 2 is 2.18 bits per heavy atom. The highest BCUT2D eigenvalue weighted by Gasteiger charge is 2.22. The molecule has 0 bridgehead atoms. The molecule has 0 aromatic heterocycles. The standard InChI is InChI=1S/C16H23N3O2S/c1-10(2)7-17-15(20)12-4-5-13(11(3)6-12)19-16(21)14-8-22-9-18-14/h4-6,10,14,18H,7-9H2,1-3H3,(H,17,20)(H,19,21). The number of anilines is 1. The van der Waals surface area contributed by atoms with Crippen molar-refractivity contribution in [2.75, 3.05) is 23.5 Å². The number of carbonyl (C=O) groups is 2. The van der Waals surface area contributed by atoms with Crippen LogP contribution in [-0.4, -0.2) is 36.0 Å². The van der Waals surface area contributed by atoms with Crippen LogP contribution in [0.1, 0.15) is 29.8 Å². The first-order valence-corrected chi connectivity index (χ1v) is 8.63. The molecule has 1 aliphatic heterocycles. The van der Waals surface area contributed by atoms with Crippen LogP contribution in [-0.2, 0) is 4.79 Å². The monoisotopic (exact) mass is 321 g/mol. The second-order valence-corrected chi connectivity index (χ2v) is 6.92. The molecule has 5 nitrogen and oxygen atoms in total. The van der Waals surface area contributed by atoms with E-state index in [1.54, 1.807) is 23.9 Å². The predicted molar refractivity (Wildman–Crippen MR) is 91.2 cm³/mol. The SMILES string of the molecule is Cc1cc(C(=O)NCC(C)C)ccc1NC(=O)C1CSCN1. The smallest absolute Gasteiger partial charge is 0.251 e. The summed E-state index contributed by atoms with van der Waals surface area (Å²) >= 11 is 1.71. The minimum atomic E-state index is -0.140. The molecule has 0 saturated carbocycles. The second kappa shape index (κ2) is 7.65. The Morgan fingerprint density at radius 1 is 1.41 bits per heavy atom. The van der Waals surface area contributed by atoms with Crippen molar-refractivity contribution in [1.29, 1.82) is 0 Å². The fourth-order valence-corrected chi connectivity index (χ4v) is 3.07. The minimum Gasteiger partial charge on any atom is -0.352 e. The summed E-state index contributed by atoms with van der Waals surface area (Å²) in [5.74, 6) is 1.92. The highest BCUT2D eigenvalue weighted by molar-refractivity contribution is 7.99. The van der Waals surface area contributed by atoms with E-state index < -0.39 is 0 Å². The number of amides is 2. The van der Waals surface area contributed by atoms with Crippen molar-refractivity contribution >= 4 is 29.3 Å². The lowest BCUT2D eigenvalue weighted by atomic mass is 10.1. The number of nitrogens with one attached hydrogen (secondary N) is 3. The summed E-state index contributed by atoms with van der Waals surface area (Å²) in [5, 5.41) is 8.95. The molecular weight excluding hydrogens is 298 g/mol. The van der Waals surface area contributed by atoms with Crippen molar-refractivity contribution in [2.24, 2.45) is 5.92 Å². The Bertz CT molecular complexity index is 554. The van der Waals surface area contributed by atoms with Gasteiger partial charge in [-0.15, -0.1) is 11.8 Å². The van der Waals surface area contributed by atoms with Crippen LogP contribution in [0.3, 0.4) is 0 Å². The predicted octanol–water partition coefficient (Wildman–Crippen LogP) is 1.98. The van der Waals surface area contributed by atoms with Gasteiger partial charge in [0.25, 0.3) is 5.91 Å². The zero-order valence-electron chi connectivity index (χ0n) is 13.2. The normalized spacial score (nSPS) is 17.5. The molecule has 1 atom stereocenters. The number of hydrogen-bond acceptors (Lipinski definition) is 4. The van der Waals surface area contributed by atoms with E-state index in [-0.39, 0.29) is 17.9 Å². The van der Waals surface area contributed by atoms with E-state index >= 15 is 0 Å². The Kier molecular flexibility index (Phi) is 5.85. The Balaban J connectivity index is 1.99. The molecule has 1 fully saturated rings. The first-order valence-electron chi connectivity index (χ1n) is 7.48. The van der Waals surface area contributed by atoms with Crippen molar-refractivity contribution in [2.45, 2.75) is 26.8 Å². The van der Waals surface area contributed by atoms with Gasteiger partial charge in [-0.05, 0) is 36.6 Å².